The lowest BCUT2D eigenvalue weighted by molar-refractivity contribution is 0.0695. The van der Waals surface area contributed by atoms with Crippen molar-refractivity contribution in [3.63, 3.8) is 0 Å². The van der Waals surface area contributed by atoms with Crippen LogP contribution >= 0.6 is 15.9 Å². The zero-order chi connectivity index (χ0) is 17.9. The van der Waals surface area contributed by atoms with Gasteiger partial charge in [-0.3, -0.25) is 0 Å². The third-order valence-corrected chi connectivity index (χ3v) is 6.50. The molecule has 0 amide bonds. The second kappa shape index (κ2) is 7.46. The Hall–Kier alpha value is -1.70. The van der Waals surface area contributed by atoms with Crippen LogP contribution in [0.2, 0.25) is 0 Å². The van der Waals surface area contributed by atoms with Crippen LogP contribution in [0, 0.1) is 0 Å². The average molecular weight is 412 g/mol. The number of benzene rings is 2. The lowest BCUT2D eigenvalue weighted by atomic mass is 10.1. The molecule has 0 aliphatic rings. The Morgan fingerprint density at radius 3 is 2.42 bits per heavy atom. The normalized spacial score (nSPS) is 13.0. The number of hydrogen-bond acceptors (Lipinski definition) is 3. The molecule has 1 atom stereocenters. The van der Waals surface area contributed by atoms with Gasteiger partial charge in [0.25, 0.3) is 0 Å². The van der Waals surface area contributed by atoms with Gasteiger partial charge < -0.3 is 5.11 Å². The van der Waals surface area contributed by atoms with E-state index >= 15 is 0 Å². The molecule has 0 aromatic heterocycles. The highest BCUT2D eigenvalue weighted by Crippen LogP contribution is 2.24. The van der Waals surface area contributed by atoms with Gasteiger partial charge in [0.05, 0.1) is 10.5 Å². The first-order valence-corrected chi connectivity index (χ1v) is 9.51. The number of rotatable bonds is 6. The third kappa shape index (κ3) is 4.03. The summed E-state index contributed by atoms with van der Waals surface area (Å²) in [5.74, 6) is -1.18. The van der Waals surface area contributed by atoms with Crippen molar-refractivity contribution in [3.05, 3.63) is 64.1 Å². The molecule has 0 spiro atoms. The van der Waals surface area contributed by atoms with Crippen molar-refractivity contribution in [2.24, 2.45) is 0 Å². The van der Waals surface area contributed by atoms with Crippen molar-refractivity contribution in [2.75, 3.05) is 7.05 Å². The monoisotopic (exact) mass is 411 g/mol. The molecule has 2 aromatic rings. The van der Waals surface area contributed by atoms with Crippen LogP contribution in [0.1, 0.15) is 22.8 Å². The van der Waals surface area contributed by atoms with Gasteiger partial charge >= 0.3 is 5.97 Å². The van der Waals surface area contributed by atoms with E-state index in [0.717, 1.165) is 5.56 Å². The van der Waals surface area contributed by atoms with Crippen molar-refractivity contribution >= 4 is 31.9 Å². The maximum absolute atomic E-state index is 12.8. The Balaban J connectivity index is 2.29. The molecular weight excluding hydrogens is 394 g/mol. The van der Waals surface area contributed by atoms with Gasteiger partial charge in [-0.1, -0.05) is 30.3 Å². The predicted molar refractivity (Wildman–Crippen MR) is 95.7 cm³/mol. The molecule has 1 unspecified atom stereocenters. The van der Waals surface area contributed by atoms with Crippen LogP contribution in [0.25, 0.3) is 0 Å². The van der Waals surface area contributed by atoms with E-state index in [1.807, 2.05) is 37.3 Å². The maximum Gasteiger partial charge on any atom is 0.336 e. The minimum Gasteiger partial charge on any atom is -0.478 e. The van der Waals surface area contributed by atoms with E-state index in [2.05, 4.69) is 15.9 Å². The topological polar surface area (TPSA) is 74.7 Å². The number of carboxylic acids is 1. The lowest BCUT2D eigenvalue weighted by Gasteiger charge is -2.24. The van der Waals surface area contributed by atoms with Crippen LogP contribution in [-0.4, -0.2) is 36.9 Å². The summed E-state index contributed by atoms with van der Waals surface area (Å²) in [4.78, 5) is 11.2. The molecule has 128 valence electrons. The van der Waals surface area contributed by atoms with E-state index in [1.165, 1.54) is 29.6 Å². The summed E-state index contributed by atoms with van der Waals surface area (Å²) in [6.07, 6.45) is 0.568. The quantitative estimate of drug-likeness (QED) is 0.789. The molecule has 0 fully saturated rings. The zero-order valence-electron chi connectivity index (χ0n) is 13.3. The molecule has 0 aliphatic carbocycles. The smallest absolute Gasteiger partial charge is 0.336 e. The molecule has 0 saturated heterocycles. The average Bonchev–Trinajstić information content (AvgIpc) is 2.54. The van der Waals surface area contributed by atoms with Crippen LogP contribution in [-0.2, 0) is 16.4 Å². The fraction of sp³-hybridized carbons (Fsp3) is 0.235. The first-order chi connectivity index (χ1) is 11.2. The van der Waals surface area contributed by atoms with Crippen LogP contribution in [0.3, 0.4) is 0 Å². The van der Waals surface area contributed by atoms with E-state index in [-0.39, 0.29) is 16.5 Å². The second-order valence-corrected chi connectivity index (χ2v) is 8.36. The Morgan fingerprint density at radius 2 is 1.83 bits per heavy atom. The Morgan fingerprint density at radius 1 is 1.21 bits per heavy atom. The fourth-order valence-electron chi connectivity index (χ4n) is 2.32. The summed E-state index contributed by atoms with van der Waals surface area (Å²) in [5.41, 5.74) is 0.953. The molecule has 5 nitrogen and oxygen atoms in total. The molecule has 0 bridgehead atoms. The van der Waals surface area contributed by atoms with Gasteiger partial charge in [-0.2, -0.15) is 4.31 Å². The summed E-state index contributed by atoms with van der Waals surface area (Å²) in [6.45, 7) is 1.82. The zero-order valence-corrected chi connectivity index (χ0v) is 15.7. The predicted octanol–water partition coefficient (Wildman–Crippen LogP) is 3.40. The molecule has 2 aromatic carbocycles. The van der Waals surface area contributed by atoms with Gasteiger partial charge in [0.2, 0.25) is 10.0 Å². The van der Waals surface area contributed by atoms with Gasteiger partial charge in [-0.15, -0.1) is 0 Å². The van der Waals surface area contributed by atoms with Gasteiger partial charge in [0, 0.05) is 17.6 Å². The number of aromatic carboxylic acids is 1. The van der Waals surface area contributed by atoms with Crippen molar-refractivity contribution in [3.8, 4) is 0 Å². The summed E-state index contributed by atoms with van der Waals surface area (Å²) in [5, 5.41) is 9.16. The highest BCUT2D eigenvalue weighted by Gasteiger charge is 2.26. The highest BCUT2D eigenvalue weighted by molar-refractivity contribution is 9.10. The molecule has 24 heavy (non-hydrogen) atoms. The van der Waals surface area contributed by atoms with Crippen LogP contribution in [0.4, 0.5) is 0 Å². The van der Waals surface area contributed by atoms with Crippen molar-refractivity contribution in [1.29, 1.82) is 0 Å². The van der Waals surface area contributed by atoms with Crippen LogP contribution < -0.4 is 0 Å². The lowest BCUT2D eigenvalue weighted by Crippen LogP contribution is -2.36. The molecule has 0 aliphatic heterocycles. The second-order valence-electron chi connectivity index (χ2n) is 5.51. The molecule has 0 saturated carbocycles. The largest absolute Gasteiger partial charge is 0.478 e. The van der Waals surface area contributed by atoms with Gasteiger partial charge in [-0.25, -0.2) is 13.2 Å². The Bertz CT molecular complexity index is 837. The molecule has 0 radical (unpaired) electrons. The third-order valence-electron chi connectivity index (χ3n) is 3.84. The molecule has 7 heteroatoms. The standard InChI is InChI=1S/C17H18BrNO4S/c1-12(10-13-6-4-3-5-7-13)19(2)24(22,23)14-8-9-16(18)15(11-14)17(20)21/h3-9,11-12H,10H2,1-2H3,(H,20,21). The van der Waals surface area contributed by atoms with Gasteiger partial charge in [0.15, 0.2) is 0 Å². The van der Waals surface area contributed by atoms with Gasteiger partial charge in [-0.05, 0) is 53.0 Å². The van der Waals surface area contributed by atoms with Crippen LogP contribution in [0.15, 0.2) is 57.9 Å². The Labute approximate surface area is 150 Å². The number of carboxylic acid groups (broad SMARTS) is 1. The molecular formula is C17H18BrNO4S. The summed E-state index contributed by atoms with van der Waals surface area (Å²) >= 11 is 3.12. The van der Waals surface area contributed by atoms with E-state index in [0.29, 0.717) is 10.9 Å². The molecule has 1 N–H and O–H groups in total. The maximum atomic E-state index is 12.8. The van der Waals surface area contributed by atoms with E-state index in [1.54, 1.807) is 0 Å². The van der Waals surface area contributed by atoms with E-state index < -0.39 is 16.0 Å². The number of sulfonamides is 1. The van der Waals surface area contributed by atoms with Crippen molar-refractivity contribution in [1.82, 2.24) is 4.31 Å². The summed E-state index contributed by atoms with van der Waals surface area (Å²) in [6, 6.07) is 13.3. The van der Waals surface area contributed by atoms with Crippen molar-refractivity contribution in [2.45, 2.75) is 24.3 Å². The summed E-state index contributed by atoms with van der Waals surface area (Å²) < 4.78 is 27.1. The molecule has 0 heterocycles. The number of carbonyl (C=O) groups is 1. The number of hydrogen-bond donors (Lipinski definition) is 1. The minimum atomic E-state index is -3.78. The first-order valence-electron chi connectivity index (χ1n) is 7.28. The van der Waals surface area contributed by atoms with E-state index in [4.69, 9.17) is 5.11 Å². The number of likely N-dealkylation sites (N-methyl/N-ethyl adjacent to an activating group) is 1. The van der Waals surface area contributed by atoms with Crippen molar-refractivity contribution < 1.29 is 18.3 Å². The van der Waals surface area contributed by atoms with E-state index in [9.17, 15) is 13.2 Å². The highest BCUT2D eigenvalue weighted by atomic mass is 79.9. The number of halogens is 1. The fourth-order valence-corrected chi connectivity index (χ4v) is 4.12. The SMILES string of the molecule is CC(Cc1ccccc1)N(C)S(=O)(=O)c1ccc(Br)c(C(=O)O)c1. The summed E-state index contributed by atoms with van der Waals surface area (Å²) in [7, 11) is -2.28. The number of nitrogens with zero attached hydrogens (tertiary/aromatic N) is 1. The first kappa shape index (κ1) is 18.6. The molecule has 2 rings (SSSR count). The minimum absolute atomic E-state index is 0.0366. The van der Waals surface area contributed by atoms with Gasteiger partial charge in [0.1, 0.15) is 0 Å². The van der Waals surface area contributed by atoms with Crippen LogP contribution in [0.5, 0.6) is 0 Å². The Kier molecular flexibility index (Phi) is 5.79.